The minimum absolute atomic E-state index is 0.273. The molecule has 0 aliphatic carbocycles. The second-order valence-corrected chi connectivity index (χ2v) is 2.96. The van der Waals surface area contributed by atoms with E-state index in [1.165, 1.54) is 6.07 Å². The zero-order valence-electron chi connectivity index (χ0n) is 6.75. The van der Waals surface area contributed by atoms with Crippen molar-refractivity contribution in [2.24, 2.45) is 0 Å². The van der Waals surface area contributed by atoms with E-state index in [1.54, 1.807) is 12.1 Å². The van der Waals surface area contributed by atoms with Gasteiger partial charge in [-0.15, -0.1) is 0 Å². The Morgan fingerprint density at radius 1 is 1.62 bits per heavy atom. The number of hydrogen-bond acceptors (Lipinski definition) is 2. The topological polar surface area (TPSA) is 49.3 Å². The first-order chi connectivity index (χ1) is 6.20. The van der Waals surface area contributed by atoms with E-state index in [9.17, 15) is 9.18 Å². The van der Waals surface area contributed by atoms with Gasteiger partial charge in [0, 0.05) is 12.1 Å². The number of aliphatic carboxylic acids is 1. The van der Waals surface area contributed by atoms with Gasteiger partial charge in [0.1, 0.15) is 11.9 Å². The minimum atomic E-state index is -1.04. The van der Waals surface area contributed by atoms with Crippen LogP contribution in [0.2, 0.25) is 0 Å². The molecule has 1 aromatic carbocycles. The molecule has 0 aromatic heterocycles. The Morgan fingerprint density at radius 2 is 2.38 bits per heavy atom. The summed E-state index contributed by atoms with van der Waals surface area (Å²) >= 11 is 0. The summed E-state index contributed by atoms with van der Waals surface area (Å²) in [6.45, 7) is 0.421. The molecule has 1 aliphatic heterocycles. The quantitative estimate of drug-likeness (QED) is 0.680. The number of carboxylic acids is 1. The maximum atomic E-state index is 13.2. The van der Waals surface area contributed by atoms with Crippen LogP contribution in [-0.4, -0.2) is 11.1 Å². The first kappa shape index (κ1) is 8.19. The standard InChI is InChI=1S/C9H8FNO2/c10-6-3-1-2-5-4-11-8(7(5)6)9(12)13/h1-3,8,11H,4H2,(H,12,13)/t8-/m1/s1. The molecule has 2 N–H and O–H groups in total. The highest BCUT2D eigenvalue weighted by molar-refractivity contribution is 5.77. The summed E-state index contributed by atoms with van der Waals surface area (Å²) in [4.78, 5) is 10.7. The van der Waals surface area contributed by atoms with Crippen molar-refractivity contribution in [1.82, 2.24) is 5.32 Å². The zero-order chi connectivity index (χ0) is 9.42. The molecule has 13 heavy (non-hydrogen) atoms. The minimum Gasteiger partial charge on any atom is -0.480 e. The summed E-state index contributed by atoms with van der Waals surface area (Å²) in [6, 6.07) is 3.70. The van der Waals surface area contributed by atoms with Crippen molar-refractivity contribution < 1.29 is 14.3 Å². The van der Waals surface area contributed by atoms with Gasteiger partial charge >= 0.3 is 5.97 Å². The lowest BCUT2D eigenvalue weighted by molar-refractivity contribution is -0.139. The fourth-order valence-corrected chi connectivity index (χ4v) is 1.58. The molecule has 0 radical (unpaired) electrons. The Bertz CT molecular complexity index is 365. The highest BCUT2D eigenvalue weighted by Crippen LogP contribution is 2.27. The molecule has 4 heteroatoms. The van der Waals surface area contributed by atoms with Crippen LogP contribution in [0.3, 0.4) is 0 Å². The van der Waals surface area contributed by atoms with E-state index < -0.39 is 17.8 Å². The summed E-state index contributed by atoms with van der Waals surface area (Å²) in [5.74, 6) is -1.49. The molecule has 1 aromatic rings. The molecule has 3 nitrogen and oxygen atoms in total. The predicted molar refractivity (Wildman–Crippen MR) is 43.6 cm³/mol. The maximum Gasteiger partial charge on any atom is 0.325 e. The number of benzene rings is 1. The first-order valence-corrected chi connectivity index (χ1v) is 3.93. The zero-order valence-corrected chi connectivity index (χ0v) is 6.75. The number of carbonyl (C=O) groups is 1. The van der Waals surface area contributed by atoms with E-state index in [4.69, 9.17) is 5.11 Å². The van der Waals surface area contributed by atoms with Gasteiger partial charge in [-0.2, -0.15) is 0 Å². The lowest BCUT2D eigenvalue weighted by Crippen LogP contribution is -2.21. The smallest absolute Gasteiger partial charge is 0.325 e. The molecule has 0 amide bonds. The predicted octanol–water partition coefficient (Wildman–Crippen LogP) is 1.05. The Balaban J connectivity index is 2.52. The monoisotopic (exact) mass is 181 g/mol. The summed E-state index contributed by atoms with van der Waals surface area (Å²) in [5.41, 5.74) is 1.00. The van der Waals surface area contributed by atoms with Crippen molar-refractivity contribution in [3.05, 3.63) is 35.1 Å². The van der Waals surface area contributed by atoms with Gasteiger partial charge in [-0.25, -0.2) is 4.39 Å². The van der Waals surface area contributed by atoms with Crippen molar-refractivity contribution in [1.29, 1.82) is 0 Å². The van der Waals surface area contributed by atoms with Crippen LogP contribution in [0.15, 0.2) is 18.2 Å². The Labute approximate surface area is 74.2 Å². The van der Waals surface area contributed by atoms with Crippen molar-refractivity contribution >= 4 is 5.97 Å². The van der Waals surface area contributed by atoms with Gasteiger partial charge in [-0.3, -0.25) is 10.1 Å². The van der Waals surface area contributed by atoms with E-state index in [0.717, 1.165) is 5.56 Å². The highest BCUT2D eigenvalue weighted by Gasteiger charge is 2.30. The third kappa shape index (κ3) is 1.19. The van der Waals surface area contributed by atoms with Crippen LogP contribution in [0.5, 0.6) is 0 Å². The molecule has 0 saturated carbocycles. The van der Waals surface area contributed by atoms with Gasteiger partial charge in [0.15, 0.2) is 0 Å². The molecule has 2 rings (SSSR count). The van der Waals surface area contributed by atoms with Gasteiger partial charge in [0.2, 0.25) is 0 Å². The van der Waals surface area contributed by atoms with E-state index in [-0.39, 0.29) is 5.56 Å². The molecule has 1 atom stereocenters. The van der Waals surface area contributed by atoms with Crippen LogP contribution in [0.4, 0.5) is 4.39 Å². The van der Waals surface area contributed by atoms with Gasteiger partial charge in [0.05, 0.1) is 0 Å². The van der Waals surface area contributed by atoms with E-state index >= 15 is 0 Å². The number of carboxylic acid groups (broad SMARTS) is 1. The number of halogens is 1. The Kier molecular flexibility index (Phi) is 1.77. The van der Waals surface area contributed by atoms with Gasteiger partial charge in [-0.05, 0) is 11.6 Å². The lowest BCUT2D eigenvalue weighted by atomic mass is 10.0. The highest BCUT2D eigenvalue weighted by atomic mass is 19.1. The van der Waals surface area contributed by atoms with Gasteiger partial charge in [0.25, 0.3) is 0 Å². The summed E-state index contributed by atoms with van der Waals surface area (Å²) in [5, 5.41) is 11.5. The molecule has 0 fully saturated rings. The number of rotatable bonds is 1. The number of nitrogens with one attached hydrogen (secondary N) is 1. The Hall–Kier alpha value is -1.42. The van der Waals surface area contributed by atoms with Crippen molar-refractivity contribution in [2.75, 3.05) is 0 Å². The molecule has 0 bridgehead atoms. The van der Waals surface area contributed by atoms with Crippen LogP contribution >= 0.6 is 0 Å². The third-order valence-corrected chi connectivity index (χ3v) is 2.18. The molecular weight excluding hydrogens is 173 g/mol. The normalized spacial score (nSPS) is 19.9. The van der Waals surface area contributed by atoms with Crippen LogP contribution in [-0.2, 0) is 11.3 Å². The van der Waals surface area contributed by atoms with Crippen LogP contribution < -0.4 is 5.32 Å². The molecule has 1 heterocycles. The first-order valence-electron chi connectivity index (χ1n) is 3.93. The fraction of sp³-hybridized carbons (Fsp3) is 0.222. The third-order valence-electron chi connectivity index (χ3n) is 2.18. The average Bonchev–Trinajstić information content (AvgIpc) is 2.49. The lowest BCUT2D eigenvalue weighted by Gasteiger charge is -2.06. The van der Waals surface area contributed by atoms with Crippen LogP contribution in [0, 0.1) is 5.82 Å². The Morgan fingerprint density at radius 3 is 3.08 bits per heavy atom. The summed E-state index contributed by atoms with van der Waals surface area (Å²) < 4.78 is 13.2. The second kappa shape index (κ2) is 2.81. The molecular formula is C9H8FNO2. The van der Waals surface area contributed by atoms with Crippen LogP contribution in [0.25, 0.3) is 0 Å². The number of hydrogen-bond donors (Lipinski definition) is 2. The van der Waals surface area contributed by atoms with Crippen molar-refractivity contribution in [3.63, 3.8) is 0 Å². The second-order valence-electron chi connectivity index (χ2n) is 2.96. The van der Waals surface area contributed by atoms with Crippen molar-refractivity contribution in [3.8, 4) is 0 Å². The molecule has 0 saturated heterocycles. The average molecular weight is 181 g/mol. The van der Waals surface area contributed by atoms with Gasteiger partial charge < -0.3 is 5.11 Å². The molecule has 0 unspecified atom stereocenters. The largest absolute Gasteiger partial charge is 0.480 e. The van der Waals surface area contributed by atoms with E-state index in [2.05, 4.69) is 5.32 Å². The summed E-state index contributed by atoms with van der Waals surface area (Å²) in [7, 11) is 0. The SMILES string of the molecule is O=C(O)[C@@H]1NCc2cccc(F)c21. The number of fused-ring (bicyclic) bond motifs is 1. The molecule has 1 aliphatic rings. The summed E-state index contributed by atoms with van der Waals surface area (Å²) in [6.07, 6.45) is 0. The van der Waals surface area contributed by atoms with Gasteiger partial charge in [-0.1, -0.05) is 12.1 Å². The molecule has 0 spiro atoms. The van der Waals surface area contributed by atoms with Crippen LogP contribution in [0.1, 0.15) is 17.2 Å². The maximum absolute atomic E-state index is 13.2. The van der Waals surface area contributed by atoms with Crippen molar-refractivity contribution in [2.45, 2.75) is 12.6 Å². The molecule has 68 valence electrons. The fourth-order valence-electron chi connectivity index (χ4n) is 1.58. The van der Waals surface area contributed by atoms with E-state index in [1.807, 2.05) is 0 Å². The van der Waals surface area contributed by atoms with E-state index in [0.29, 0.717) is 6.54 Å².